The molecule has 7 heteroatoms. The van der Waals surface area contributed by atoms with E-state index in [9.17, 15) is 9.59 Å². The predicted molar refractivity (Wildman–Crippen MR) is 147 cm³/mol. The Morgan fingerprint density at radius 3 is 2.14 bits per heavy atom. The number of ether oxygens (including phenoxy) is 2. The first kappa shape index (κ1) is 25.3. The van der Waals surface area contributed by atoms with Gasteiger partial charge in [0.1, 0.15) is 24.7 Å². The van der Waals surface area contributed by atoms with Crippen LogP contribution >= 0.6 is 0 Å². The molecule has 0 aliphatic carbocycles. The first-order chi connectivity index (χ1) is 18.1. The van der Waals surface area contributed by atoms with E-state index in [1.54, 1.807) is 30.3 Å². The largest absolute Gasteiger partial charge is 0.490 e. The minimum absolute atomic E-state index is 0.0622. The average Bonchev–Trinajstić information content (AvgIpc) is 2.92. The molecule has 0 fully saturated rings. The lowest BCUT2D eigenvalue weighted by Gasteiger charge is -2.14. The summed E-state index contributed by atoms with van der Waals surface area (Å²) in [6.07, 6.45) is 0. The highest BCUT2D eigenvalue weighted by atomic mass is 16.5. The first-order valence-electron chi connectivity index (χ1n) is 12.0. The highest BCUT2D eigenvalue weighted by molar-refractivity contribution is 6.04. The molecule has 37 heavy (non-hydrogen) atoms. The zero-order valence-corrected chi connectivity index (χ0v) is 20.6. The Bertz CT molecular complexity index is 1320. The van der Waals surface area contributed by atoms with E-state index in [2.05, 4.69) is 16.0 Å². The molecule has 188 valence electrons. The quantitative estimate of drug-likeness (QED) is 0.230. The van der Waals surface area contributed by atoms with Crippen LogP contribution in [0.4, 0.5) is 17.1 Å². The molecule has 2 amide bonds. The lowest BCUT2D eigenvalue weighted by atomic mass is 10.1. The third-order valence-electron chi connectivity index (χ3n) is 5.39. The molecule has 3 N–H and O–H groups in total. The van der Waals surface area contributed by atoms with E-state index in [0.29, 0.717) is 41.6 Å². The van der Waals surface area contributed by atoms with E-state index in [0.717, 1.165) is 11.3 Å². The second-order valence-electron chi connectivity index (χ2n) is 8.31. The standard InChI is InChI=1S/C30H29N3O4/c1-22-8-7-9-23(20-22)30(35)33-25-16-14-24(15-17-25)32-29(34)21-31-27-12-5-6-13-28(27)37-19-18-36-26-10-3-2-4-11-26/h2-17,20,31H,18-19,21H2,1H3,(H,32,34)(H,33,35). The first-order valence-corrected chi connectivity index (χ1v) is 12.0. The van der Waals surface area contributed by atoms with E-state index in [-0.39, 0.29) is 18.4 Å². The smallest absolute Gasteiger partial charge is 0.255 e. The molecular weight excluding hydrogens is 466 g/mol. The van der Waals surface area contributed by atoms with Gasteiger partial charge >= 0.3 is 0 Å². The Balaban J connectivity index is 1.23. The van der Waals surface area contributed by atoms with Crippen molar-refractivity contribution in [2.45, 2.75) is 6.92 Å². The lowest BCUT2D eigenvalue weighted by molar-refractivity contribution is -0.114. The van der Waals surface area contributed by atoms with Crippen molar-refractivity contribution in [3.8, 4) is 11.5 Å². The summed E-state index contributed by atoms with van der Waals surface area (Å²) in [6, 6.07) is 31.4. The number of rotatable bonds is 11. The Hall–Kier alpha value is -4.78. The van der Waals surface area contributed by atoms with Crippen LogP contribution in [0.3, 0.4) is 0 Å². The number of hydrogen-bond acceptors (Lipinski definition) is 5. The average molecular weight is 496 g/mol. The normalized spacial score (nSPS) is 10.3. The fraction of sp³-hybridized carbons (Fsp3) is 0.133. The minimum Gasteiger partial charge on any atom is -0.490 e. The molecule has 0 spiro atoms. The molecule has 4 aromatic carbocycles. The van der Waals surface area contributed by atoms with E-state index >= 15 is 0 Å². The summed E-state index contributed by atoms with van der Waals surface area (Å²) in [5, 5.41) is 8.83. The van der Waals surface area contributed by atoms with Crippen molar-refractivity contribution in [3.05, 3.63) is 114 Å². The molecule has 7 nitrogen and oxygen atoms in total. The molecule has 4 rings (SSSR count). The molecule has 0 bridgehead atoms. The van der Waals surface area contributed by atoms with Crippen LogP contribution in [0.25, 0.3) is 0 Å². The van der Waals surface area contributed by atoms with Gasteiger partial charge in [0, 0.05) is 16.9 Å². The molecule has 0 aromatic heterocycles. The van der Waals surface area contributed by atoms with Crippen molar-refractivity contribution >= 4 is 28.9 Å². The van der Waals surface area contributed by atoms with Crippen LogP contribution in [0.1, 0.15) is 15.9 Å². The van der Waals surface area contributed by atoms with Gasteiger partial charge in [-0.1, -0.05) is 48.0 Å². The van der Waals surface area contributed by atoms with Crippen LogP contribution in [0.15, 0.2) is 103 Å². The third kappa shape index (κ3) is 7.86. The van der Waals surface area contributed by atoms with Gasteiger partial charge in [0.15, 0.2) is 0 Å². The fourth-order valence-electron chi connectivity index (χ4n) is 3.57. The van der Waals surface area contributed by atoms with Crippen LogP contribution in [0.5, 0.6) is 11.5 Å². The van der Waals surface area contributed by atoms with E-state index in [1.807, 2.05) is 79.7 Å². The summed E-state index contributed by atoms with van der Waals surface area (Å²) >= 11 is 0. The van der Waals surface area contributed by atoms with Crippen molar-refractivity contribution in [1.29, 1.82) is 0 Å². The van der Waals surface area contributed by atoms with Crippen LogP contribution in [0.2, 0.25) is 0 Å². The maximum Gasteiger partial charge on any atom is 0.255 e. The van der Waals surface area contributed by atoms with Crippen LogP contribution < -0.4 is 25.4 Å². The number of para-hydroxylation sites is 3. The Labute approximate surface area is 216 Å². The Morgan fingerprint density at radius 1 is 0.703 bits per heavy atom. The predicted octanol–water partition coefficient (Wildman–Crippen LogP) is 5.76. The van der Waals surface area contributed by atoms with E-state index in [1.165, 1.54) is 0 Å². The number of carbonyl (C=O) groups is 2. The number of nitrogens with one attached hydrogen (secondary N) is 3. The molecule has 0 heterocycles. The van der Waals surface area contributed by atoms with Gasteiger partial charge in [-0.2, -0.15) is 0 Å². The Morgan fingerprint density at radius 2 is 1.38 bits per heavy atom. The number of aryl methyl sites for hydroxylation is 1. The lowest BCUT2D eigenvalue weighted by Crippen LogP contribution is -2.22. The molecule has 0 saturated heterocycles. The van der Waals surface area contributed by atoms with Crippen molar-refractivity contribution in [1.82, 2.24) is 0 Å². The number of benzene rings is 4. The molecule has 4 aromatic rings. The number of amides is 2. The maximum atomic E-state index is 12.5. The monoisotopic (exact) mass is 495 g/mol. The molecule has 0 saturated carbocycles. The molecule has 0 aliphatic rings. The van der Waals surface area contributed by atoms with Gasteiger partial charge in [0.25, 0.3) is 5.91 Å². The summed E-state index contributed by atoms with van der Waals surface area (Å²) in [5.41, 5.74) is 3.60. The number of anilines is 3. The number of carbonyl (C=O) groups excluding carboxylic acids is 2. The number of hydrogen-bond donors (Lipinski definition) is 3. The van der Waals surface area contributed by atoms with Crippen LogP contribution in [-0.4, -0.2) is 31.6 Å². The summed E-state index contributed by atoms with van der Waals surface area (Å²) in [5.74, 6) is 1.03. The van der Waals surface area contributed by atoms with Crippen molar-refractivity contribution in [3.63, 3.8) is 0 Å². The van der Waals surface area contributed by atoms with Gasteiger partial charge in [0.05, 0.1) is 12.2 Å². The highest BCUT2D eigenvalue weighted by Crippen LogP contribution is 2.23. The molecular formula is C30H29N3O4. The minimum atomic E-state index is -0.209. The zero-order valence-electron chi connectivity index (χ0n) is 20.6. The second-order valence-corrected chi connectivity index (χ2v) is 8.31. The molecule has 0 radical (unpaired) electrons. The van der Waals surface area contributed by atoms with Gasteiger partial charge in [-0.3, -0.25) is 9.59 Å². The third-order valence-corrected chi connectivity index (χ3v) is 5.39. The molecule has 0 unspecified atom stereocenters. The topological polar surface area (TPSA) is 88.7 Å². The Kier molecular flexibility index (Phi) is 8.75. The summed E-state index contributed by atoms with van der Waals surface area (Å²) in [6.45, 7) is 2.77. The highest BCUT2D eigenvalue weighted by Gasteiger charge is 2.08. The van der Waals surface area contributed by atoms with Gasteiger partial charge in [-0.25, -0.2) is 0 Å². The van der Waals surface area contributed by atoms with Crippen molar-refractivity contribution in [2.75, 3.05) is 35.7 Å². The van der Waals surface area contributed by atoms with Gasteiger partial charge in [-0.05, 0) is 67.6 Å². The van der Waals surface area contributed by atoms with E-state index in [4.69, 9.17) is 9.47 Å². The SMILES string of the molecule is Cc1cccc(C(=O)Nc2ccc(NC(=O)CNc3ccccc3OCCOc3ccccc3)cc2)c1. The maximum absolute atomic E-state index is 12.5. The van der Waals surface area contributed by atoms with Crippen molar-refractivity contribution in [2.24, 2.45) is 0 Å². The van der Waals surface area contributed by atoms with Gasteiger partial charge < -0.3 is 25.4 Å². The van der Waals surface area contributed by atoms with Gasteiger partial charge in [0.2, 0.25) is 5.91 Å². The molecule has 0 atom stereocenters. The molecule has 0 aliphatic heterocycles. The fourth-order valence-corrected chi connectivity index (χ4v) is 3.57. The summed E-state index contributed by atoms with van der Waals surface area (Å²) in [4.78, 5) is 24.9. The van der Waals surface area contributed by atoms with Crippen LogP contribution in [-0.2, 0) is 4.79 Å². The van der Waals surface area contributed by atoms with Crippen molar-refractivity contribution < 1.29 is 19.1 Å². The van der Waals surface area contributed by atoms with Gasteiger partial charge in [-0.15, -0.1) is 0 Å². The van der Waals surface area contributed by atoms with E-state index < -0.39 is 0 Å². The zero-order chi connectivity index (χ0) is 25.9. The summed E-state index contributed by atoms with van der Waals surface area (Å²) in [7, 11) is 0. The van der Waals surface area contributed by atoms with Crippen LogP contribution in [0, 0.1) is 6.92 Å². The second kappa shape index (κ2) is 12.8. The summed E-state index contributed by atoms with van der Waals surface area (Å²) < 4.78 is 11.5.